The molecular formula is C24H20ClF3N4O4. The molecule has 188 valence electrons. The van der Waals surface area contributed by atoms with Crippen LogP contribution in [0.1, 0.15) is 25.3 Å². The fraction of sp³-hybridized carbons (Fsp3) is 0.208. The summed E-state index contributed by atoms with van der Waals surface area (Å²) in [6.07, 6.45) is -3.94. The summed E-state index contributed by atoms with van der Waals surface area (Å²) in [5.41, 5.74) is 0.165. The van der Waals surface area contributed by atoms with E-state index in [2.05, 4.69) is 15.3 Å². The predicted molar refractivity (Wildman–Crippen MR) is 126 cm³/mol. The summed E-state index contributed by atoms with van der Waals surface area (Å²) in [4.78, 5) is 45.7. The topological polar surface area (TPSA) is 112 Å². The van der Waals surface area contributed by atoms with Gasteiger partial charge in [-0.2, -0.15) is 13.2 Å². The molecular weight excluding hydrogens is 501 g/mol. The zero-order valence-corrected chi connectivity index (χ0v) is 19.5. The van der Waals surface area contributed by atoms with E-state index in [0.29, 0.717) is 16.3 Å². The standard InChI is InChI=1S/C24H20ClF3N4O4/c1-14(22(35)36)30-20(33)9-10-21(34)32(18-7-5-16(6-8-18)24(26,27)28)23-29-12-11-19(31-23)15-3-2-4-17(25)13-15/h2-8,11-14H,9-10H2,1H3,(H,30,33)(H,35,36). The van der Waals surface area contributed by atoms with Gasteiger partial charge in [0, 0.05) is 29.6 Å². The number of aromatic nitrogens is 2. The fourth-order valence-electron chi connectivity index (χ4n) is 3.14. The summed E-state index contributed by atoms with van der Waals surface area (Å²) in [7, 11) is 0. The van der Waals surface area contributed by atoms with Gasteiger partial charge in [-0.15, -0.1) is 0 Å². The Morgan fingerprint density at radius 3 is 2.39 bits per heavy atom. The number of anilines is 2. The van der Waals surface area contributed by atoms with Crippen molar-refractivity contribution in [3.05, 3.63) is 71.4 Å². The monoisotopic (exact) mass is 520 g/mol. The average Bonchev–Trinajstić information content (AvgIpc) is 2.83. The second-order valence-electron chi connectivity index (χ2n) is 7.65. The van der Waals surface area contributed by atoms with Crippen molar-refractivity contribution in [3.8, 4) is 11.3 Å². The van der Waals surface area contributed by atoms with E-state index in [9.17, 15) is 27.6 Å². The van der Waals surface area contributed by atoms with Crippen molar-refractivity contribution >= 4 is 41.0 Å². The SMILES string of the molecule is CC(NC(=O)CCC(=O)N(c1ccc(C(F)(F)F)cc1)c1nccc(-c2cccc(Cl)c2)n1)C(=O)O. The van der Waals surface area contributed by atoms with Crippen LogP contribution in [0.2, 0.25) is 5.02 Å². The first-order chi connectivity index (χ1) is 17.0. The number of rotatable bonds is 8. The molecule has 1 unspecified atom stereocenters. The number of hydrogen-bond donors (Lipinski definition) is 2. The number of carbonyl (C=O) groups is 3. The highest BCUT2D eigenvalue weighted by atomic mass is 35.5. The molecule has 1 heterocycles. The minimum atomic E-state index is -4.57. The molecule has 12 heteroatoms. The van der Waals surface area contributed by atoms with Crippen LogP contribution in [-0.4, -0.2) is 38.9 Å². The van der Waals surface area contributed by atoms with Crippen molar-refractivity contribution in [1.82, 2.24) is 15.3 Å². The summed E-state index contributed by atoms with van der Waals surface area (Å²) in [5.74, 6) is -2.74. The number of alkyl halides is 3. The summed E-state index contributed by atoms with van der Waals surface area (Å²) < 4.78 is 39.1. The van der Waals surface area contributed by atoms with E-state index >= 15 is 0 Å². The first kappa shape index (κ1) is 26.6. The van der Waals surface area contributed by atoms with Crippen molar-refractivity contribution < 1.29 is 32.7 Å². The van der Waals surface area contributed by atoms with Gasteiger partial charge in [-0.05, 0) is 49.4 Å². The number of carbonyl (C=O) groups excluding carboxylic acids is 2. The van der Waals surface area contributed by atoms with E-state index in [0.717, 1.165) is 29.2 Å². The Morgan fingerprint density at radius 2 is 1.78 bits per heavy atom. The molecule has 3 rings (SSSR count). The third kappa shape index (κ3) is 6.79. The lowest BCUT2D eigenvalue weighted by Gasteiger charge is -2.22. The third-order valence-corrected chi connectivity index (χ3v) is 5.21. The van der Waals surface area contributed by atoms with Crippen molar-refractivity contribution in [2.45, 2.75) is 32.0 Å². The number of nitrogens with zero attached hydrogens (tertiary/aromatic N) is 3. The van der Waals surface area contributed by atoms with Crippen LogP contribution in [0.3, 0.4) is 0 Å². The third-order valence-electron chi connectivity index (χ3n) is 4.98. The molecule has 2 amide bonds. The summed E-state index contributed by atoms with van der Waals surface area (Å²) in [6.45, 7) is 1.27. The highest BCUT2D eigenvalue weighted by molar-refractivity contribution is 6.30. The van der Waals surface area contributed by atoms with Gasteiger partial charge in [0.1, 0.15) is 6.04 Å². The van der Waals surface area contributed by atoms with Crippen LogP contribution in [-0.2, 0) is 20.6 Å². The fourth-order valence-corrected chi connectivity index (χ4v) is 3.33. The molecule has 2 aromatic carbocycles. The molecule has 8 nitrogen and oxygen atoms in total. The van der Waals surface area contributed by atoms with Crippen molar-refractivity contribution in [1.29, 1.82) is 0 Å². The van der Waals surface area contributed by atoms with Gasteiger partial charge < -0.3 is 10.4 Å². The van der Waals surface area contributed by atoms with E-state index < -0.39 is 35.6 Å². The lowest BCUT2D eigenvalue weighted by molar-refractivity contribution is -0.141. The van der Waals surface area contributed by atoms with Crippen LogP contribution in [0.5, 0.6) is 0 Å². The largest absolute Gasteiger partial charge is 0.480 e. The highest BCUT2D eigenvalue weighted by Crippen LogP contribution is 2.32. The van der Waals surface area contributed by atoms with Gasteiger partial charge in [0.25, 0.3) is 0 Å². The van der Waals surface area contributed by atoms with Crippen LogP contribution in [0.4, 0.5) is 24.8 Å². The number of nitrogens with one attached hydrogen (secondary N) is 1. The number of carboxylic acids is 1. The van der Waals surface area contributed by atoms with Crippen LogP contribution in [0, 0.1) is 0 Å². The van der Waals surface area contributed by atoms with Crippen LogP contribution >= 0.6 is 11.6 Å². The van der Waals surface area contributed by atoms with Crippen molar-refractivity contribution in [2.75, 3.05) is 4.90 Å². The molecule has 0 aliphatic carbocycles. The lowest BCUT2D eigenvalue weighted by atomic mass is 10.1. The molecule has 2 N–H and O–H groups in total. The van der Waals surface area contributed by atoms with Gasteiger partial charge in [-0.25, -0.2) is 14.9 Å². The van der Waals surface area contributed by atoms with E-state index in [1.807, 2.05) is 0 Å². The number of aliphatic carboxylic acids is 1. The maximum absolute atomic E-state index is 13.2. The smallest absolute Gasteiger partial charge is 0.416 e. The van der Waals surface area contributed by atoms with Gasteiger partial charge >= 0.3 is 12.1 Å². The molecule has 0 fully saturated rings. The zero-order valence-electron chi connectivity index (χ0n) is 18.8. The van der Waals surface area contributed by atoms with Crippen LogP contribution in [0.25, 0.3) is 11.3 Å². The van der Waals surface area contributed by atoms with E-state index in [1.54, 1.807) is 30.3 Å². The van der Waals surface area contributed by atoms with Gasteiger partial charge in [-0.3, -0.25) is 14.4 Å². The Balaban J connectivity index is 1.94. The Kier molecular flexibility index (Phi) is 8.25. The maximum Gasteiger partial charge on any atom is 0.416 e. The molecule has 0 saturated heterocycles. The van der Waals surface area contributed by atoms with E-state index in [-0.39, 0.29) is 24.5 Å². The number of hydrogen-bond acceptors (Lipinski definition) is 5. The van der Waals surface area contributed by atoms with Gasteiger partial charge in [0.15, 0.2) is 0 Å². The van der Waals surface area contributed by atoms with Crippen molar-refractivity contribution in [2.24, 2.45) is 0 Å². The molecule has 0 aliphatic rings. The lowest BCUT2D eigenvalue weighted by Crippen LogP contribution is -2.39. The predicted octanol–water partition coefficient (Wildman–Crippen LogP) is 4.85. The summed E-state index contributed by atoms with van der Waals surface area (Å²) >= 11 is 6.05. The number of amides is 2. The van der Waals surface area contributed by atoms with Crippen molar-refractivity contribution in [3.63, 3.8) is 0 Å². The second kappa shape index (κ2) is 11.2. The normalized spacial score (nSPS) is 12.0. The number of carboxylic acid groups (broad SMARTS) is 1. The molecule has 0 aliphatic heterocycles. The number of benzene rings is 2. The minimum Gasteiger partial charge on any atom is -0.480 e. The Labute approximate surface area is 208 Å². The molecule has 3 aromatic rings. The van der Waals surface area contributed by atoms with Gasteiger partial charge in [0.2, 0.25) is 17.8 Å². The molecule has 0 spiro atoms. The first-order valence-corrected chi connectivity index (χ1v) is 10.9. The molecule has 1 atom stereocenters. The van der Waals surface area contributed by atoms with E-state index in [1.165, 1.54) is 13.1 Å². The van der Waals surface area contributed by atoms with Gasteiger partial charge in [-0.1, -0.05) is 23.7 Å². The van der Waals surface area contributed by atoms with E-state index in [4.69, 9.17) is 16.7 Å². The van der Waals surface area contributed by atoms with Crippen LogP contribution < -0.4 is 10.2 Å². The van der Waals surface area contributed by atoms with Gasteiger partial charge in [0.05, 0.1) is 16.9 Å². The van der Waals surface area contributed by atoms with Crippen LogP contribution in [0.15, 0.2) is 60.8 Å². The Hall–Kier alpha value is -3.99. The zero-order chi connectivity index (χ0) is 26.5. The quantitative estimate of drug-likeness (QED) is 0.439. The minimum absolute atomic E-state index is 0.0514. The first-order valence-electron chi connectivity index (χ1n) is 10.6. The molecule has 0 bridgehead atoms. The molecule has 36 heavy (non-hydrogen) atoms. The molecule has 0 saturated carbocycles. The number of halogens is 4. The Bertz CT molecular complexity index is 1270. The summed E-state index contributed by atoms with van der Waals surface area (Å²) in [6, 6.07) is 11.0. The average molecular weight is 521 g/mol. The summed E-state index contributed by atoms with van der Waals surface area (Å²) in [5, 5.41) is 11.6. The second-order valence-corrected chi connectivity index (χ2v) is 8.09. The maximum atomic E-state index is 13.2. The molecule has 0 radical (unpaired) electrons. The molecule has 1 aromatic heterocycles. The highest BCUT2D eigenvalue weighted by Gasteiger charge is 2.31. The Morgan fingerprint density at radius 1 is 1.08 bits per heavy atom.